The number of rotatable bonds is 8. The number of thiol groups is 1. The molecule has 0 fully saturated rings. The molecule has 0 aliphatic heterocycles. The Hall–Kier alpha value is 0.01000. The molecule has 1 rings (SSSR count). The van der Waals surface area contributed by atoms with Crippen LogP contribution in [0.4, 0.5) is 0 Å². The molecule has 0 aliphatic rings. The van der Waals surface area contributed by atoms with Crippen LogP contribution in [0.1, 0.15) is 24.6 Å². The molecule has 0 saturated heterocycles. The van der Waals surface area contributed by atoms with Crippen molar-refractivity contribution in [3.05, 3.63) is 22.4 Å². The van der Waals surface area contributed by atoms with Gasteiger partial charge in [0.2, 0.25) is 0 Å². The van der Waals surface area contributed by atoms with Crippen LogP contribution in [0.5, 0.6) is 0 Å². The summed E-state index contributed by atoms with van der Waals surface area (Å²) in [5, 5.41) is 2.16. The topological polar surface area (TPSA) is 3.24 Å². The van der Waals surface area contributed by atoms with E-state index in [-0.39, 0.29) is 0 Å². The first-order valence-corrected chi connectivity index (χ1v) is 7.59. The fourth-order valence-electron chi connectivity index (χ4n) is 1.94. The number of likely N-dealkylation sites (N-methyl/N-ethyl adjacent to an activating group) is 1. The first-order valence-electron chi connectivity index (χ1n) is 6.08. The molecule has 0 radical (unpaired) electrons. The molecule has 1 aromatic rings. The van der Waals surface area contributed by atoms with Gasteiger partial charge in [-0.2, -0.15) is 12.6 Å². The molecule has 0 N–H and O–H groups in total. The monoisotopic (exact) mass is 257 g/mol. The van der Waals surface area contributed by atoms with Crippen LogP contribution in [0.15, 0.2) is 17.5 Å². The summed E-state index contributed by atoms with van der Waals surface area (Å²) in [5.74, 6) is 1.76. The van der Waals surface area contributed by atoms with Crippen LogP contribution in [0, 0.1) is 5.92 Å². The number of nitrogens with zero attached hydrogens (tertiary/aromatic N) is 1. The van der Waals surface area contributed by atoms with E-state index in [1.165, 1.54) is 30.7 Å². The molecular formula is C13H23NS2. The molecule has 0 bridgehead atoms. The zero-order chi connectivity index (χ0) is 11.8. The second kappa shape index (κ2) is 8.15. The molecule has 0 aromatic carbocycles. The van der Waals surface area contributed by atoms with Gasteiger partial charge in [-0.25, -0.2) is 0 Å². The Morgan fingerprint density at radius 3 is 2.88 bits per heavy atom. The molecule has 0 amide bonds. The van der Waals surface area contributed by atoms with Crippen molar-refractivity contribution in [2.75, 3.05) is 25.9 Å². The Balaban J connectivity index is 2.21. The predicted molar refractivity (Wildman–Crippen MR) is 77.8 cm³/mol. The van der Waals surface area contributed by atoms with Crippen molar-refractivity contribution in [3.8, 4) is 0 Å². The second-order valence-corrected chi connectivity index (χ2v) is 5.83. The van der Waals surface area contributed by atoms with Crippen molar-refractivity contribution in [1.82, 2.24) is 4.90 Å². The fourth-order valence-corrected chi connectivity index (χ4v) is 2.93. The van der Waals surface area contributed by atoms with Crippen LogP contribution in [-0.2, 0) is 6.42 Å². The second-order valence-electron chi connectivity index (χ2n) is 4.43. The molecule has 92 valence electrons. The van der Waals surface area contributed by atoms with E-state index in [1.807, 2.05) is 11.3 Å². The van der Waals surface area contributed by atoms with E-state index in [0.717, 1.165) is 18.2 Å². The number of thiophene rings is 1. The van der Waals surface area contributed by atoms with Gasteiger partial charge in [0.25, 0.3) is 0 Å². The van der Waals surface area contributed by atoms with Gasteiger partial charge in [-0.15, -0.1) is 11.3 Å². The van der Waals surface area contributed by atoms with E-state index in [1.54, 1.807) is 0 Å². The van der Waals surface area contributed by atoms with Gasteiger partial charge in [-0.3, -0.25) is 0 Å². The molecule has 16 heavy (non-hydrogen) atoms. The van der Waals surface area contributed by atoms with E-state index in [9.17, 15) is 0 Å². The van der Waals surface area contributed by atoms with Crippen molar-refractivity contribution in [2.24, 2.45) is 5.92 Å². The third kappa shape index (κ3) is 5.37. The quantitative estimate of drug-likeness (QED) is 0.697. The Bertz CT molecular complexity index is 259. The lowest BCUT2D eigenvalue weighted by atomic mass is 10.1. The minimum atomic E-state index is 0.752. The van der Waals surface area contributed by atoms with E-state index >= 15 is 0 Å². The average Bonchev–Trinajstić information content (AvgIpc) is 2.78. The van der Waals surface area contributed by atoms with E-state index < -0.39 is 0 Å². The Morgan fingerprint density at radius 2 is 2.31 bits per heavy atom. The lowest BCUT2D eigenvalue weighted by molar-refractivity contribution is 0.283. The lowest BCUT2D eigenvalue weighted by Gasteiger charge is -2.22. The SMILES string of the molecule is CCCC(CS)CN(C)CCc1cccs1. The maximum absolute atomic E-state index is 4.43. The van der Waals surface area contributed by atoms with Crippen LogP contribution < -0.4 is 0 Å². The highest BCUT2D eigenvalue weighted by Crippen LogP contribution is 2.12. The molecule has 0 saturated carbocycles. The van der Waals surface area contributed by atoms with Crippen molar-refractivity contribution < 1.29 is 0 Å². The molecule has 1 atom stereocenters. The third-order valence-corrected chi connectivity index (χ3v) is 4.30. The van der Waals surface area contributed by atoms with E-state index in [4.69, 9.17) is 0 Å². The highest BCUT2D eigenvalue weighted by atomic mass is 32.1. The summed E-state index contributed by atoms with van der Waals surface area (Å²) in [7, 11) is 2.22. The summed E-state index contributed by atoms with van der Waals surface area (Å²) in [4.78, 5) is 3.93. The van der Waals surface area contributed by atoms with Crippen molar-refractivity contribution in [1.29, 1.82) is 0 Å². The summed E-state index contributed by atoms with van der Waals surface area (Å²) >= 11 is 6.29. The van der Waals surface area contributed by atoms with Gasteiger partial charge in [0.1, 0.15) is 0 Å². The Labute approximate surface area is 109 Å². The summed E-state index contributed by atoms with van der Waals surface area (Å²) < 4.78 is 0. The standard InChI is InChI=1S/C13H23NS2/c1-3-5-12(11-15)10-14(2)8-7-13-6-4-9-16-13/h4,6,9,12,15H,3,5,7-8,10-11H2,1-2H3. The lowest BCUT2D eigenvalue weighted by Crippen LogP contribution is -2.28. The van der Waals surface area contributed by atoms with Crippen LogP contribution in [0.25, 0.3) is 0 Å². The first-order chi connectivity index (χ1) is 7.76. The summed E-state index contributed by atoms with van der Waals surface area (Å²) in [6.45, 7) is 4.60. The highest BCUT2D eigenvalue weighted by Gasteiger charge is 2.09. The normalized spacial score (nSPS) is 13.2. The van der Waals surface area contributed by atoms with Crippen LogP contribution in [-0.4, -0.2) is 30.8 Å². The fraction of sp³-hybridized carbons (Fsp3) is 0.692. The summed E-state index contributed by atoms with van der Waals surface area (Å²) in [6.07, 6.45) is 3.75. The molecule has 1 aromatic heterocycles. The Kier molecular flexibility index (Phi) is 7.17. The first kappa shape index (κ1) is 14.1. The van der Waals surface area contributed by atoms with Crippen LogP contribution in [0.3, 0.4) is 0 Å². The van der Waals surface area contributed by atoms with Gasteiger partial charge in [0.15, 0.2) is 0 Å². The van der Waals surface area contributed by atoms with Crippen molar-refractivity contribution in [2.45, 2.75) is 26.2 Å². The maximum atomic E-state index is 4.43. The molecule has 1 heterocycles. The van der Waals surface area contributed by atoms with Gasteiger partial charge in [0.05, 0.1) is 0 Å². The van der Waals surface area contributed by atoms with Gasteiger partial charge in [0, 0.05) is 18.0 Å². The number of hydrogen-bond donors (Lipinski definition) is 1. The van der Waals surface area contributed by atoms with Gasteiger partial charge < -0.3 is 4.90 Å². The van der Waals surface area contributed by atoms with E-state index in [0.29, 0.717) is 0 Å². The molecule has 1 unspecified atom stereocenters. The van der Waals surface area contributed by atoms with Crippen LogP contribution >= 0.6 is 24.0 Å². The molecule has 3 heteroatoms. The smallest absolute Gasteiger partial charge is 0.00579 e. The Morgan fingerprint density at radius 1 is 1.50 bits per heavy atom. The highest BCUT2D eigenvalue weighted by molar-refractivity contribution is 7.80. The minimum Gasteiger partial charge on any atom is -0.306 e. The van der Waals surface area contributed by atoms with Crippen molar-refractivity contribution in [3.63, 3.8) is 0 Å². The average molecular weight is 257 g/mol. The van der Waals surface area contributed by atoms with Crippen molar-refractivity contribution >= 4 is 24.0 Å². The van der Waals surface area contributed by atoms with Gasteiger partial charge in [-0.05, 0) is 43.0 Å². The molecule has 0 spiro atoms. The van der Waals surface area contributed by atoms with Gasteiger partial charge in [-0.1, -0.05) is 19.4 Å². The zero-order valence-electron chi connectivity index (χ0n) is 10.4. The largest absolute Gasteiger partial charge is 0.306 e. The van der Waals surface area contributed by atoms with Crippen LogP contribution in [0.2, 0.25) is 0 Å². The molecule has 0 aliphatic carbocycles. The third-order valence-electron chi connectivity index (χ3n) is 2.85. The molecule has 1 nitrogen and oxygen atoms in total. The maximum Gasteiger partial charge on any atom is 0.00579 e. The zero-order valence-corrected chi connectivity index (χ0v) is 12.1. The van der Waals surface area contributed by atoms with Gasteiger partial charge >= 0.3 is 0 Å². The van der Waals surface area contributed by atoms with E-state index in [2.05, 4.69) is 49.0 Å². The predicted octanol–water partition coefficient (Wildman–Crippen LogP) is 3.57. The summed E-state index contributed by atoms with van der Waals surface area (Å²) in [5.41, 5.74) is 0. The number of hydrogen-bond acceptors (Lipinski definition) is 3. The summed E-state index contributed by atoms with van der Waals surface area (Å²) in [6, 6.07) is 4.36. The molecular weight excluding hydrogens is 234 g/mol. The minimum absolute atomic E-state index is 0.752.